The van der Waals surface area contributed by atoms with E-state index < -0.39 is 12.2 Å². The van der Waals surface area contributed by atoms with Gasteiger partial charge in [0.05, 0.1) is 17.9 Å². The van der Waals surface area contributed by atoms with Gasteiger partial charge in [0.25, 0.3) is 5.91 Å². The number of tetrazole rings is 1. The fraction of sp³-hybridized carbons (Fsp3) is 0.303. The van der Waals surface area contributed by atoms with Gasteiger partial charge < -0.3 is 15.5 Å². The number of aliphatic imine (C=N–C) groups is 1. The van der Waals surface area contributed by atoms with Crippen molar-refractivity contribution in [3.63, 3.8) is 0 Å². The van der Waals surface area contributed by atoms with Gasteiger partial charge in [-0.2, -0.15) is 5.21 Å². The molecule has 11 heteroatoms. The molecule has 3 amide bonds. The number of benzodiazepines with no additional fused rings is 1. The van der Waals surface area contributed by atoms with Crippen LogP contribution in [0.25, 0.3) is 11.4 Å². The number of nitrogens with one attached hydrogen (secondary N) is 3. The van der Waals surface area contributed by atoms with Crippen LogP contribution in [0.1, 0.15) is 66.1 Å². The van der Waals surface area contributed by atoms with Gasteiger partial charge in [0.1, 0.15) is 0 Å². The number of amides is 3. The number of benzene rings is 3. The van der Waals surface area contributed by atoms with E-state index in [2.05, 4.69) is 31.3 Å². The number of H-pyrrole nitrogens is 1. The normalized spacial score (nSPS) is 17.0. The molecule has 44 heavy (non-hydrogen) atoms. The van der Waals surface area contributed by atoms with Crippen molar-refractivity contribution in [3.05, 3.63) is 89.0 Å². The van der Waals surface area contributed by atoms with Crippen molar-refractivity contribution in [3.8, 4) is 11.4 Å². The van der Waals surface area contributed by atoms with Crippen LogP contribution in [-0.2, 0) is 11.3 Å². The number of aryl methyl sites for hydroxylation is 1. The second-order valence-electron chi connectivity index (χ2n) is 11.3. The maximum Gasteiger partial charge on any atom is 0.321 e. The van der Waals surface area contributed by atoms with Crippen LogP contribution in [0.3, 0.4) is 0 Å². The van der Waals surface area contributed by atoms with Crippen molar-refractivity contribution in [2.75, 3.05) is 10.2 Å². The molecule has 224 valence electrons. The lowest BCUT2D eigenvalue weighted by Gasteiger charge is -2.28. The van der Waals surface area contributed by atoms with Gasteiger partial charge in [0.15, 0.2) is 5.78 Å². The van der Waals surface area contributed by atoms with E-state index in [1.165, 1.54) is 13.3 Å². The van der Waals surface area contributed by atoms with Crippen molar-refractivity contribution < 1.29 is 14.4 Å². The Balaban J connectivity index is 1.37. The molecule has 1 aliphatic carbocycles. The van der Waals surface area contributed by atoms with E-state index in [-0.39, 0.29) is 24.2 Å². The van der Waals surface area contributed by atoms with Gasteiger partial charge in [-0.1, -0.05) is 73.9 Å². The second kappa shape index (κ2) is 12.6. The van der Waals surface area contributed by atoms with Crippen molar-refractivity contribution in [2.45, 2.75) is 58.7 Å². The number of Topliss-reactive ketones (excluding diaryl/α,β-unsaturated/α-hetero) is 1. The number of urea groups is 1. The Hall–Kier alpha value is -5.19. The molecule has 1 aliphatic heterocycles. The zero-order chi connectivity index (χ0) is 30.6. The third kappa shape index (κ3) is 5.98. The van der Waals surface area contributed by atoms with Crippen LogP contribution >= 0.6 is 0 Å². The van der Waals surface area contributed by atoms with Crippen LogP contribution in [0.15, 0.2) is 71.7 Å². The number of para-hydroxylation sites is 1. The van der Waals surface area contributed by atoms with Crippen molar-refractivity contribution in [1.29, 1.82) is 0 Å². The molecule has 0 radical (unpaired) electrons. The largest absolute Gasteiger partial charge is 0.321 e. The van der Waals surface area contributed by atoms with Gasteiger partial charge in [-0.05, 0) is 55.2 Å². The highest BCUT2D eigenvalue weighted by molar-refractivity contribution is 6.15. The number of hydrogen-bond acceptors (Lipinski definition) is 7. The molecule has 1 atom stereocenters. The maximum atomic E-state index is 14.4. The van der Waals surface area contributed by atoms with Crippen LogP contribution in [0, 0.1) is 12.8 Å². The first-order chi connectivity index (χ1) is 21.4. The number of carbonyl (C=O) groups is 3. The number of aromatic nitrogens is 4. The minimum Gasteiger partial charge on any atom is -0.308 e. The number of carbonyl (C=O) groups excluding carboxylic acids is 3. The molecule has 2 aliphatic rings. The maximum absolute atomic E-state index is 14.4. The standard InChI is InChI=1S/C33H34N8O3/c1-20-10-8-17-27-28(22-11-4-3-5-12-22)35-31(32(43)41(29(20)27)19-24-13-6-7-16-26(24)21(2)42)36-33(44)34-25-15-9-14-23(18-25)30-37-39-40-38-30/h6-10,13-18,22,31H,3-5,11-12,19H2,1-2H3,(H2,34,36,44)(H,37,38,39,40). The van der Waals surface area contributed by atoms with Crippen molar-refractivity contribution >= 4 is 34.8 Å². The summed E-state index contributed by atoms with van der Waals surface area (Å²) in [6.45, 7) is 3.66. The lowest BCUT2D eigenvalue weighted by Crippen LogP contribution is -2.48. The lowest BCUT2D eigenvalue weighted by molar-refractivity contribution is -0.120. The Bertz CT molecular complexity index is 1730. The van der Waals surface area contributed by atoms with Gasteiger partial charge in [-0.15, -0.1) is 10.2 Å². The molecule has 2 heterocycles. The predicted octanol–water partition coefficient (Wildman–Crippen LogP) is 5.44. The first kappa shape index (κ1) is 28.9. The average molecular weight is 591 g/mol. The fourth-order valence-corrected chi connectivity index (χ4v) is 6.18. The molecule has 1 aromatic heterocycles. The van der Waals surface area contributed by atoms with Crippen LogP contribution in [0.4, 0.5) is 16.2 Å². The summed E-state index contributed by atoms with van der Waals surface area (Å²) in [5.74, 6) is 0.106. The van der Waals surface area contributed by atoms with Crippen LogP contribution in [0.2, 0.25) is 0 Å². The zero-order valence-electron chi connectivity index (χ0n) is 24.7. The number of ketones is 1. The minimum atomic E-state index is -1.18. The Morgan fingerprint density at radius 1 is 1.00 bits per heavy atom. The molecular weight excluding hydrogens is 556 g/mol. The highest BCUT2D eigenvalue weighted by Gasteiger charge is 2.36. The van der Waals surface area contributed by atoms with E-state index in [1.807, 2.05) is 43.3 Å². The zero-order valence-corrected chi connectivity index (χ0v) is 24.7. The molecule has 4 aromatic rings. The Morgan fingerprint density at radius 2 is 1.80 bits per heavy atom. The average Bonchev–Trinajstić information content (AvgIpc) is 3.54. The molecule has 1 fully saturated rings. The summed E-state index contributed by atoms with van der Waals surface area (Å²) in [4.78, 5) is 47.0. The number of fused-ring (bicyclic) bond motifs is 1. The monoisotopic (exact) mass is 590 g/mol. The van der Waals surface area contributed by atoms with E-state index >= 15 is 0 Å². The summed E-state index contributed by atoms with van der Waals surface area (Å²) in [5, 5.41) is 19.7. The van der Waals surface area contributed by atoms with E-state index in [4.69, 9.17) is 4.99 Å². The molecule has 3 N–H and O–H groups in total. The summed E-state index contributed by atoms with van der Waals surface area (Å²) in [7, 11) is 0. The Labute approximate surface area is 255 Å². The summed E-state index contributed by atoms with van der Waals surface area (Å²) >= 11 is 0. The summed E-state index contributed by atoms with van der Waals surface area (Å²) in [5.41, 5.74) is 5.85. The fourth-order valence-electron chi connectivity index (χ4n) is 6.18. The molecule has 0 spiro atoms. The summed E-state index contributed by atoms with van der Waals surface area (Å²) in [6.07, 6.45) is 4.10. The molecule has 3 aromatic carbocycles. The van der Waals surface area contributed by atoms with E-state index in [0.29, 0.717) is 22.6 Å². The van der Waals surface area contributed by atoms with E-state index in [1.54, 1.807) is 35.2 Å². The smallest absolute Gasteiger partial charge is 0.308 e. The molecular formula is C33H34N8O3. The van der Waals surface area contributed by atoms with Crippen LogP contribution < -0.4 is 15.5 Å². The lowest BCUT2D eigenvalue weighted by atomic mass is 9.82. The SMILES string of the molecule is CC(=O)c1ccccc1CN1C(=O)C(NC(=O)Nc2cccc(-c3nn[nH]n3)c2)N=C(C2CCCCC2)c2cccc(C)c21. The first-order valence-electron chi connectivity index (χ1n) is 14.9. The quantitative estimate of drug-likeness (QED) is 0.244. The highest BCUT2D eigenvalue weighted by Crippen LogP contribution is 2.36. The predicted molar refractivity (Wildman–Crippen MR) is 167 cm³/mol. The topological polar surface area (TPSA) is 145 Å². The number of nitrogens with zero attached hydrogens (tertiary/aromatic N) is 5. The third-order valence-corrected chi connectivity index (χ3v) is 8.26. The number of hydrogen-bond donors (Lipinski definition) is 3. The van der Waals surface area contributed by atoms with Crippen LogP contribution in [0.5, 0.6) is 0 Å². The van der Waals surface area contributed by atoms with E-state index in [0.717, 1.165) is 53.8 Å². The number of anilines is 2. The summed E-state index contributed by atoms with van der Waals surface area (Å²) < 4.78 is 0. The molecule has 6 rings (SSSR count). The van der Waals surface area contributed by atoms with Gasteiger partial charge in [-0.25, -0.2) is 4.79 Å². The number of aromatic amines is 1. The summed E-state index contributed by atoms with van der Waals surface area (Å²) in [6, 6.07) is 19.7. The van der Waals surface area contributed by atoms with Gasteiger partial charge in [0.2, 0.25) is 12.0 Å². The second-order valence-corrected chi connectivity index (χ2v) is 11.3. The molecule has 0 saturated heterocycles. The third-order valence-electron chi connectivity index (χ3n) is 8.26. The van der Waals surface area contributed by atoms with Crippen molar-refractivity contribution in [1.82, 2.24) is 25.9 Å². The minimum absolute atomic E-state index is 0.0795. The molecule has 11 nitrogen and oxygen atoms in total. The number of rotatable bonds is 7. The van der Waals surface area contributed by atoms with Crippen molar-refractivity contribution in [2.24, 2.45) is 10.9 Å². The Morgan fingerprint density at radius 3 is 2.57 bits per heavy atom. The van der Waals surface area contributed by atoms with E-state index in [9.17, 15) is 14.4 Å². The van der Waals surface area contributed by atoms with Crippen LogP contribution in [-0.4, -0.2) is 50.2 Å². The molecule has 0 bridgehead atoms. The first-order valence-corrected chi connectivity index (χ1v) is 14.9. The Kier molecular flexibility index (Phi) is 8.27. The van der Waals surface area contributed by atoms with Gasteiger partial charge >= 0.3 is 6.03 Å². The van der Waals surface area contributed by atoms with Gasteiger partial charge in [-0.3, -0.25) is 14.6 Å². The van der Waals surface area contributed by atoms with Gasteiger partial charge in [0, 0.05) is 28.3 Å². The molecule has 1 saturated carbocycles. The molecule has 1 unspecified atom stereocenters. The highest BCUT2D eigenvalue weighted by atomic mass is 16.2.